The molecule has 0 bridgehead atoms. The summed E-state index contributed by atoms with van der Waals surface area (Å²) >= 11 is 0. The van der Waals surface area contributed by atoms with Gasteiger partial charge in [-0.3, -0.25) is 10.1 Å². The van der Waals surface area contributed by atoms with Crippen LogP contribution in [0.1, 0.15) is 36.0 Å². The quantitative estimate of drug-likeness (QED) is 0.879. The first-order chi connectivity index (χ1) is 12.0. The summed E-state index contributed by atoms with van der Waals surface area (Å²) in [7, 11) is 0. The summed E-state index contributed by atoms with van der Waals surface area (Å²) < 4.78 is 18.8. The van der Waals surface area contributed by atoms with Gasteiger partial charge in [0.05, 0.1) is 6.61 Å². The largest absolute Gasteiger partial charge is 0.450 e. The van der Waals surface area contributed by atoms with E-state index in [-0.39, 0.29) is 30.7 Å². The molecule has 1 aliphatic heterocycles. The number of benzene rings is 2. The van der Waals surface area contributed by atoms with E-state index in [1.54, 1.807) is 32.0 Å². The number of hydrogen-bond donors (Lipinski definition) is 2. The number of aryl methyl sites for hydroxylation is 1. The second-order valence-electron chi connectivity index (χ2n) is 5.96. The fourth-order valence-electron chi connectivity index (χ4n) is 2.95. The molecule has 1 aliphatic rings. The van der Waals surface area contributed by atoms with Crippen molar-refractivity contribution in [2.24, 2.45) is 0 Å². The first-order valence-corrected chi connectivity index (χ1v) is 8.11. The molecule has 0 saturated heterocycles. The van der Waals surface area contributed by atoms with Crippen LogP contribution in [0.5, 0.6) is 0 Å². The minimum absolute atomic E-state index is 0.147. The van der Waals surface area contributed by atoms with E-state index in [1.165, 1.54) is 6.07 Å². The summed E-state index contributed by atoms with van der Waals surface area (Å²) in [5.41, 5.74) is 3.34. The number of carbonyl (C=O) groups is 2. The molecule has 130 valence electrons. The first-order valence-electron chi connectivity index (χ1n) is 8.11. The second kappa shape index (κ2) is 6.93. The highest BCUT2D eigenvalue weighted by Gasteiger charge is 2.27. The van der Waals surface area contributed by atoms with Gasteiger partial charge in [0.1, 0.15) is 5.82 Å². The van der Waals surface area contributed by atoms with Gasteiger partial charge in [0.15, 0.2) is 0 Å². The topological polar surface area (TPSA) is 67.4 Å². The lowest BCUT2D eigenvalue weighted by Gasteiger charge is -2.26. The van der Waals surface area contributed by atoms with Crippen LogP contribution in [0.4, 0.5) is 20.6 Å². The van der Waals surface area contributed by atoms with Crippen LogP contribution in [-0.4, -0.2) is 18.6 Å². The van der Waals surface area contributed by atoms with Crippen LogP contribution >= 0.6 is 0 Å². The van der Waals surface area contributed by atoms with E-state index in [4.69, 9.17) is 4.74 Å². The van der Waals surface area contributed by atoms with Crippen LogP contribution in [0.25, 0.3) is 0 Å². The zero-order valence-corrected chi connectivity index (χ0v) is 14.1. The Kier molecular flexibility index (Phi) is 4.70. The predicted octanol–water partition coefficient (Wildman–Crippen LogP) is 4.18. The molecule has 6 heteroatoms. The number of rotatable bonds is 3. The van der Waals surface area contributed by atoms with Crippen molar-refractivity contribution in [3.63, 3.8) is 0 Å². The molecule has 1 heterocycles. The summed E-state index contributed by atoms with van der Waals surface area (Å²) in [6.07, 6.45) is -0.304. The van der Waals surface area contributed by atoms with Crippen LogP contribution in [0.2, 0.25) is 0 Å². The number of fused-ring (bicyclic) bond motifs is 1. The number of amides is 2. The maximum atomic E-state index is 13.9. The molecule has 3 rings (SSSR count). The third-order valence-electron chi connectivity index (χ3n) is 4.21. The molecular weight excluding hydrogens is 323 g/mol. The van der Waals surface area contributed by atoms with Gasteiger partial charge in [0, 0.05) is 23.7 Å². The fourth-order valence-corrected chi connectivity index (χ4v) is 2.95. The molecule has 5 nitrogen and oxygen atoms in total. The summed E-state index contributed by atoms with van der Waals surface area (Å²) in [5, 5.41) is 5.41. The Bertz CT molecular complexity index is 835. The zero-order valence-electron chi connectivity index (χ0n) is 14.1. The highest BCUT2D eigenvalue weighted by molar-refractivity contribution is 5.96. The van der Waals surface area contributed by atoms with Gasteiger partial charge in [-0.05, 0) is 48.7 Å². The summed E-state index contributed by atoms with van der Waals surface area (Å²) in [4.78, 5) is 23.6. The van der Waals surface area contributed by atoms with Crippen molar-refractivity contribution in [2.45, 2.75) is 26.2 Å². The van der Waals surface area contributed by atoms with Crippen LogP contribution in [0.15, 0.2) is 36.4 Å². The minimum Gasteiger partial charge on any atom is -0.450 e. The van der Waals surface area contributed by atoms with Crippen molar-refractivity contribution >= 4 is 23.4 Å². The highest BCUT2D eigenvalue weighted by atomic mass is 19.1. The summed E-state index contributed by atoms with van der Waals surface area (Å²) in [6.45, 7) is 3.69. The van der Waals surface area contributed by atoms with Crippen molar-refractivity contribution in [1.82, 2.24) is 0 Å². The van der Waals surface area contributed by atoms with Gasteiger partial charge in [-0.25, -0.2) is 9.18 Å². The molecule has 1 unspecified atom stereocenters. The Morgan fingerprint density at radius 2 is 2.12 bits per heavy atom. The van der Waals surface area contributed by atoms with Gasteiger partial charge in [-0.2, -0.15) is 0 Å². The molecule has 0 radical (unpaired) electrons. The molecule has 0 aromatic heterocycles. The lowest BCUT2D eigenvalue weighted by Crippen LogP contribution is -2.24. The SMILES string of the molecule is CCOC(=O)Nc1ccc2c(c1)NC(=O)CC2c1ccc(C)c(F)c1. The minimum atomic E-state index is -0.554. The zero-order chi connectivity index (χ0) is 18.0. The highest BCUT2D eigenvalue weighted by Crippen LogP contribution is 2.38. The number of anilines is 2. The van der Waals surface area contributed by atoms with Gasteiger partial charge in [-0.15, -0.1) is 0 Å². The van der Waals surface area contributed by atoms with Crippen molar-refractivity contribution in [2.75, 3.05) is 17.2 Å². The lowest BCUT2D eigenvalue weighted by atomic mass is 9.84. The maximum absolute atomic E-state index is 13.9. The monoisotopic (exact) mass is 342 g/mol. The third-order valence-corrected chi connectivity index (χ3v) is 4.21. The molecule has 2 aromatic carbocycles. The average Bonchev–Trinajstić information content (AvgIpc) is 2.56. The molecule has 0 spiro atoms. The first kappa shape index (κ1) is 17.0. The normalized spacial score (nSPS) is 16.0. The standard InChI is InChI=1S/C19H19FN2O3/c1-3-25-19(24)21-13-6-7-14-15(10-18(23)22-17(14)9-13)12-5-4-11(2)16(20)8-12/h4-9,15H,3,10H2,1-2H3,(H,21,24)(H,22,23). The Labute approximate surface area is 145 Å². The Balaban J connectivity index is 1.93. The Morgan fingerprint density at radius 3 is 2.84 bits per heavy atom. The van der Waals surface area contributed by atoms with E-state index < -0.39 is 6.09 Å². The van der Waals surface area contributed by atoms with Gasteiger partial charge in [0.25, 0.3) is 0 Å². The summed E-state index contributed by atoms with van der Waals surface area (Å²) in [5.74, 6) is -0.659. The van der Waals surface area contributed by atoms with Crippen LogP contribution in [-0.2, 0) is 9.53 Å². The number of halogens is 1. The molecule has 0 aliphatic carbocycles. The number of hydrogen-bond acceptors (Lipinski definition) is 3. The van der Waals surface area contributed by atoms with Crippen LogP contribution in [0, 0.1) is 12.7 Å². The number of carbonyl (C=O) groups excluding carboxylic acids is 2. The van der Waals surface area contributed by atoms with Crippen molar-refractivity contribution in [3.05, 3.63) is 58.9 Å². The van der Waals surface area contributed by atoms with E-state index in [0.29, 0.717) is 16.9 Å². The maximum Gasteiger partial charge on any atom is 0.411 e. The Morgan fingerprint density at radius 1 is 1.32 bits per heavy atom. The van der Waals surface area contributed by atoms with Crippen LogP contribution < -0.4 is 10.6 Å². The average molecular weight is 342 g/mol. The van der Waals surface area contributed by atoms with Crippen molar-refractivity contribution in [1.29, 1.82) is 0 Å². The molecule has 0 saturated carbocycles. The molecule has 25 heavy (non-hydrogen) atoms. The lowest BCUT2D eigenvalue weighted by molar-refractivity contribution is -0.116. The van der Waals surface area contributed by atoms with Crippen molar-refractivity contribution in [3.8, 4) is 0 Å². The molecule has 2 amide bonds. The van der Waals surface area contributed by atoms with E-state index >= 15 is 0 Å². The summed E-state index contributed by atoms with van der Waals surface area (Å²) in [6, 6.07) is 10.3. The molecule has 2 N–H and O–H groups in total. The van der Waals surface area contributed by atoms with Crippen LogP contribution in [0.3, 0.4) is 0 Å². The predicted molar refractivity (Wildman–Crippen MR) is 93.3 cm³/mol. The second-order valence-corrected chi connectivity index (χ2v) is 5.96. The Hall–Kier alpha value is -2.89. The van der Waals surface area contributed by atoms with Crippen molar-refractivity contribution < 1.29 is 18.7 Å². The molecule has 2 aromatic rings. The fraction of sp³-hybridized carbons (Fsp3) is 0.263. The van der Waals surface area contributed by atoms with Gasteiger partial charge in [-0.1, -0.05) is 18.2 Å². The smallest absolute Gasteiger partial charge is 0.411 e. The third kappa shape index (κ3) is 3.63. The van der Waals surface area contributed by atoms with Gasteiger partial charge >= 0.3 is 6.09 Å². The van der Waals surface area contributed by atoms with E-state index in [9.17, 15) is 14.0 Å². The van der Waals surface area contributed by atoms with E-state index in [1.807, 2.05) is 12.1 Å². The van der Waals surface area contributed by atoms with Gasteiger partial charge in [0.2, 0.25) is 5.91 Å². The molecular formula is C19H19FN2O3. The van der Waals surface area contributed by atoms with E-state index in [0.717, 1.165) is 11.1 Å². The van der Waals surface area contributed by atoms with E-state index in [2.05, 4.69) is 10.6 Å². The number of ether oxygens (including phenoxy) is 1. The molecule has 1 atom stereocenters. The van der Waals surface area contributed by atoms with Gasteiger partial charge < -0.3 is 10.1 Å². The molecule has 0 fully saturated rings. The number of nitrogens with one attached hydrogen (secondary N) is 2.